The van der Waals surface area contributed by atoms with E-state index >= 15 is 0 Å². The van der Waals surface area contributed by atoms with Gasteiger partial charge in [-0.05, 0) is 30.9 Å². The summed E-state index contributed by atoms with van der Waals surface area (Å²) in [6.07, 6.45) is -9.42. The van der Waals surface area contributed by atoms with E-state index in [2.05, 4.69) is 4.98 Å². The number of alkyl halides is 6. The molecule has 0 bridgehead atoms. The van der Waals surface area contributed by atoms with Crippen LogP contribution in [0.5, 0.6) is 0 Å². The van der Waals surface area contributed by atoms with Crippen molar-refractivity contribution in [2.45, 2.75) is 31.2 Å². The minimum absolute atomic E-state index is 0.0997. The summed E-state index contributed by atoms with van der Waals surface area (Å²) in [6.45, 7) is 0. The van der Waals surface area contributed by atoms with E-state index in [0.29, 0.717) is 0 Å². The van der Waals surface area contributed by atoms with Gasteiger partial charge in [0.25, 0.3) is 0 Å². The molecular weight excluding hydrogens is 322 g/mol. The minimum Gasteiger partial charge on any atom is -0.322 e. The lowest BCUT2D eigenvalue weighted by Crippen LogP contribution is -2.41. The van der Waals surface area contributed by atoms with Gasteiger partial charge in [0.15, 0.2) is 5.69 Å². The monoisotopic (exact) mass is 332 g/mol. The third kappa shape index (κ3) is 3.42. The lowest BCUT2D eigenvalue weighted by atomic mass is 9.70. The van der Waals surface area contributed by atoms with Gasteiger partial charge in [0.2, 0.25) is 0 Å². The van der Waals surface area contributed by atoms with Crippen molar-refractivity contribution in [1.29, 1.82) is 0 Å². The largest absolute Gasteiger partial charge is 0.434 e. The Bertz CT molecular complexity index is 521. The van der Waals surface area contributed by atoms with Gasteiger partial charge in [-0.2, -0.15) is 26.3 Å². The summed E-state index contributed by atoms with van der Waals surface area (Å²) < 4.78 is 75.2. The van der Waals surface area contributed by atoms with Crippen LogP contribution in [0.15, 0.2) is 12.1 Å². The van der Waals surface area contributed by atoms with Crippen LogP contribution in [0.4, 0.5) is 26.3 Å². The molecule has 0 amide bonds. The van der Waals surface area contributed by atoms with Gasteiger partial charge in [-0.1, -0.05) is 11.6 Å². The van der Waals surface area contributed by atoms with E-state index in [1.165, 1.54) is 6.07 Å². The molecule has 1 aliphatic rings. The molecule has 2 N–H and O–H groups in total. The van der Waals surface area contributed by atoms with Crippen molar-refractivity contribution < 1.29 is 26.3 Å². The van der Waals surface area contributed by atoms with E-state index in [1.807, 2.05) is 0 Å². The van der Waals surface area contributed by atoms with Gasteiger partial charge < -0.3 is 5.73 Å². The molecule has 1 saturated carbocycles. The molecule has 1 aliphatic carbocycles. The van der Waals surface area contributed by atoms with Crippen LogP contribution in [-0.4, -0.2) is 11.2 Å². The maximum Gasteiger partial charge on any atom is 0.434 e. The van der Waals surface area contributed by atoms with Gasteiger partial charge in [0, 0.05) is 6.04 Å². The highest BCUT2D eigenvalue weighted by atomic mass is 35.5. The highest BCUT2D eigenvalue weighted by Gasteiger charge is 2.49. The lowest BCUT2D eigenvalue weighted by molar-refractivity contribution is -0.206. The van der Waals surface area contributed by atoms with E-state index in [9.17, 15) is 26.3 Å². The first-order valence-electron chi connectivity index (χ1n) is 6.06. The zero-order valence-corrected chi connectivity index (χ0v) is 11.2. The van der Waals surface area contributed by atoms with Crippen LogP contribution in [0.25, 0.3) is 0 Å². The Morgan fingerprint density at radius 1 is 1.14 bits per heavy atom. The lowest BCUT2D eigenvalue weighted by Gasteiger charge is -2.39. The third-order valence-electron chi connectivity index (χ3n) is 3.62. The summed E-state index contributed by atoms with van der Waals surface area (Å²) >= 11 is 5.42. The van der Waals surface area contributed by atoms with Crippen molar-refractivity contribution in [2.24, 2.45) is 17.6 Å². The first-order chi connectivity index (χ1) is 9.50. The summed E-state index contributed by atoms with van der Waals surface area (Å²) in [4.78, 5) is 3.37. The molecule has 118 valence electrons. The number of pyridine rings is 1. The van der Waals surface area contributed by atoms with Gasteiger partial charge in [0.1, 0.15) is 0 Å². The average Bonchev–Trinajstić information content (AvgIpc) is 2.23. The van der Waals surface area contributed by atoms with Crippen molar-refractivity contribution in [3.05, 3.63) is 28.5 Å². The Hall–Kier alpha value is -1.02. The molecule has 1 fully saturated rings. The quantitative estimate of drug-likeness (QED) is 0.818. The summed E-state index contributed by atoms with van der Waals surface area (Å²) in [5, 5.41) is -0.569. The molecule has 0 radical (unpaired) electrons. The molecule has 1 unspecified atom stereocenters. The van der Waals surface area contributed by atoms with Crippen molar-refractivity contribution in [3.8, 4) is 0 Å². The smallest absolute Gasteiger partial charge is 0.322 e. The van der Waals surface area contributed by atoms with Gasteiger partial charge >= 0.3 is 12.4 Å². The average molecular weight is 333 g/mol. The molecule has 0 saturated heterocycles. The highest BCUT2D eigenvalue weighted by molar-refractivity contribution is 6.31. The van der Waals surface area contributed by atoms with Crippen molar-refractivity contribution >= 4 is 11.6 Å². The Balaban J connectivity index is 2.13. The minimum atomic E-state index is -4.74. The molecule has 2 nitrogen and oxygen atoms in total. The fourth-order valence-electron chi connectivity index (χ4n) is 2.31. The van der Waals surface area contributed by atoms with Crippen molar-refractivity contribution in [3.63, 3.8) is 0 Å². The summed E-state index contributed by atoms with van der Waals surface area (Å²) in [5.41, 5.74) is 4.35. The number of nitrogens with two attached hydrogens (primary N) is 1. The number of hydrogen-bond acceptors (Lipinski definition) is 2. The number of aromatic nitrogens is 1. The van der Waals surface area contributed by atoms with E-state index in [4.69, 9.17) is 17.3 Å². The number of hydrogen-bond donors (Lipinski definition) is 1. The van der Waals surface area contributed by atoms with Crippen molar-refractivity contribution in [1.82, 2.24) is 4.98 Å². The summed E-state index contributed by atoms with van der Waals surface area (Å²) in [7, 11) is 0. The van der Waals surface area contributed by atoms with Crippen LogP contribution in [-0.2, 0) is 6.18 Å². The van der Waals surface area contributed by atoms with E-state index in [0.717, 1.165) is 6.07 Å². The van der Waals surface area contributed by atoms with Gasteiger partial charge in [-0.15, -0.1) is 0 Å². The second-order valence-electron chi connectivity index (χ2n) is 5.06. The number of nitrogens with zero attached hydrogens (tertiary/aromatic N) is 1. The Morgan fingerprint density at radius 3 is 2.19 bits per heavy atom. The fraction of sp³-hybridized carbons (Fsp3) is 0.583. The van der Waals surface area contributed by atoms with E-state index in [-0.39, 0.29) is 18.5 Å². The molecule has 1 atom stereocenters. The van der Waals surface area contributed by atoms with Gasteiger partial charge in [-0.25, -0.2) is 4.98 Å². The zero-order valence-electron chi connectivity index (χ0n) is 10.5. The van der Waals surface area contributed by atoms with Crippen LogP contribution in [0.1, 0.15) is 30.3 Å². The number of halogens is 7. The summed E-state index contributed by atoms with van der Waals surface area (Å²) in [5.74, 6) is -1.98. The van der Waals surface area contributed by atoms with Crippen LogP contribution >= 0.6 is 11.6 Å². The number of rotatable bonds is 2. The van der Waals surface area contributed by atoms with Crippen LogP contribution in [0.3, 0.4) is 0 Å². The van der Waals surface area contributed by atoms with Gasteiger partial charge in [-0.3, -0.25) is 0 Å². The topological polar surface area (TPSA) is 38.9 Å². The van der Waals surface area contributed by atoms with Crippen molar-refractivity contribution in [2.75, 3.05) is 0 Å². The first-order valence-corrected chi connectivity index (χ1v) is 6.44. The fourth-order valence-corrected chi connectivity index (χ4v) is 2.52. The van der Waals surface area contributed by atoms with E-state index < -0.39 is 40.9 Å². The third-order valence-corrected chi connectivity index (χ3v) is 3.93. The molecule has 21 heavy (non-hydrogen) atoms. The zero-order chi connectivity index (χ0) is 16.0. The highest BCUT2D eigenvalue weighted by Crippen LogP contribution is 2.48. The van der Waals surface area contributed by atoms with Gasteiger partial charge in [0.05, 0.1) is 16.6 Å². The second-order valence-corrected chi connectivity index (χ2v) is 5.47. The van der Waals surface area contributed by atoms with Crippen LogP contribution in [0.2, 0.25) is 5.02 Å². The molecule has 1 aromatic rings. The molecule has 0 spiro atoms. The summed E-state index contributed by atoms with van der Waals surface area (Å²) in [6, 6.07) is 1.25. The Kier molecular flexibility index (Phi) is 4.14. The standard InChI is InChI=1S/C12H11ClF6N2/c13-7-1-2-8(21-10(7)12(17,18)19)9(20)5-3-6(4-5)11(14,15)16/h1-2,5-6,9H,3-4,20H2. The molecule has 9 heteroatoms. The van der Waals surface area contributed by atoms with Crippen LogP contribution < -0.4 is 5.73 Å². The Morgan fingerprint density at radius 2 is 1.71 bits per heavy atom. The molecule has 2 rings (SSSR count). The molecule has 1 aromatic heterocycles. The maximum atomic E-state index is 12.7. The SMILES string of the molecule is NC(c1ccc(Cl)c(C(F)(F)F)n1)C1CC(C(F)(F)F)C1. The van der Waals surface area contributed by atoms with Crippen LogP contribution in [0, 0.1) is 11.8 Å². The molecule has 1 heterocycles. The predicted octanol–water partition coefficient (Wildman–Crippen LogP) is 4.34. The van der Waals surface area contributed by atoms with E-state index in [1.54, 1.807) is 0 Å². The molecule has 0 aromatic carbocycles. The Labute approximate surface area is 121 Å². The molecule has 0 aliphatic heterocycles. The molecular formula is C12H11ClF6N2. The predicted molar refractivity (Wildman–Crippen MR) is 63.4 cm³/mol. The maximum absolute atomic E-state index is 12.7. The normalized spacial score (nSPS) is 24.6. The second kappa shape index (κ2) is 5.31. The first kappa shape index (κ1) is 16.4.